The maximum Gasteiger partial charge on any atom is 0.119 e. The van der Waals surface area contributed by atoms with E-state index in [1.165, 1.54) is 235 Å². The average Bonchev–Trinajstić information content (AvgIpc) is 4.04. The Bertz CT molecular complexity index is 1970. The standard InChI is InChI=1S/C52H72BrIN4S2/c1-5-9-13-17-21-25-29-51(30-26-22-18-14-10-6-2)39-34-38-40(33-37(39)45-41(51)35-43(53)47-49(45)57-59-55-47)52(31-27-23-19-15-11-7-3,32-28-24-20-16-12-8-4)42-36-44(54)48-50(46(38)42)58-60-56-48/h33-36H,5-32H2,1-4H3. The third-order valence-electron chi connectivity index (χ3n) is 14.6. The summed E-state index contributed by atoms with van der Waals surface area (Å²) in [5.41, 5.74) is 16.1. The summed E-state index contributed by atoms with van der Waals surface area (Å²) >= 11 is 9.41. The highest BCUT2D eigenvalue weighted by Crippen LogP contribution is 2.63. The molecule has 0 unspecified atom stereocenters. The Labute approximate surface area is 393 Å². The highest BCUT2D eigenvalue weighted by Gasteiger charge is 2.49. The van der Waals surface area contributed by atoms with Crippen LogP contribution in [0.2, 0.25) is 0 Å². The Morgan fingerprint density at radius 3 is 1.17 bits per heavy atom. The predicted octanol–water partition coefficient (Wildman–Crippen LogP) is 18.6. The predicted molar refractivity (Wildman–Crippen MR) is 273 cm³/mol. The lowest BCUT2D eigenvalue weighted by atomic mass is 9.68. The van der Waals surface area contributed by atoms with Crippen LogP contribution in [-0.4, -0.2) is 17.5 Å². The maximum atomic E-state index is 5.16. The van der Waals surface area contributed by atoms with Crippen LogP contribution in [-0.2, 0) is 10.8 Å². The number of hydrogen-bond acceptors (Lipinski definition) is 6. The Morgan fingerprint density at radius 1 is 0.417 bits per heavy atom. The molecule has 0 bridgehead atoms. The van der Waals surface area contributed by atoms with Gasteiger partial charge in [-0.25, -0.2) is 0 Å². The number of nitrogens with zero attached hydrogens (tertiary/aromatic N) is 4. The van der Waals surface area contributed by atoms with Gasteiger partial charge in [0, 0.05) is 30.0 Å². The fourth-order valence-corrected chi connectivity index (χ4v) is 14.0. The molecular formula is C52H72BrIN4S2. The second-order valence-corrected chi connectivity index (χ2v) is 21.7. The fraction of sp³-hybridized carbons (Fsp3) is 0.654. The molecule has 2 aliphatic rings. The van der Waals surface area contributed by atoms with Gasteiger partial charge in [-0.2, -0.15) is 17.5 Å². The minimum Gasteiger partial charge on any atom is -0.172 e. The number of aromatic nitrogens is 4. The van der Waals surface area contributed by atoms with Crippen molar-refractivity contribution in [2.45, 2.75) is 218 Å². The normalized spacial score (nSPS) is 14.6. The van der Waals surface area contributed by atoms with Gasteiger partial charge in [-0.15, -0.1) is 0 Å². The lowest BCUT2D eigenvalue weighted by Gasteiger charge is -2.35. The summed E-state index contributed by atoms with van der Waals surface area (Å²) in [5, 5.41) is 0. The van der Waals surface area contributed by atoms with E-state index in [9.17, 15) is 0 Å². The first-order valence-corrected chi connectivity index (χ1v) is 27.9. The van der Waals surface area contributed by atoms with Crippen LogP contribution in [0.4, 0.5) is 0 Å². The summed E-state index contributed by atoms with van der Waals surface area (Å²) in [5.74, 6) is 0. The van der Waals surface area contributed by atoms with Crippen molar-refractivity contribution in [2.75, 3.05) is 0 Å². The topological polar surface area (TPSA) is 51.6 Å². The molecule has 2 heterocycles. The molecule has 2 aliphatic carbocycles. The lowest BCUT2D eigenvalue weighted by molar-refractivity contribution is 0.394. The third-order valence-corrected chi connectivity index (χ3v) is 17.1. The monoisotopic (exact) mass is 1020 g/mol. The zero-order chi connectivity index (χ0) is 42.0. The zero-order valence-electron chi connectivity index (χ0n) is 37.5. The third kappa shape index (κ3) is 9.62. The molecule has 8 heteroatoms. The Morgan fingerprint density at radius 2 is 0.750 bits per heavy atom. The lowest BCUT2D eigenvalue weighted by Crippen LogP contribution is -2.27. The molecule has 5 aromatic rings. The molecular weight excluding hydrogens is 952 g/mol. The van der Waals surface area contributed by atoms with E-state index in [-0.39, 0.29) is 10.8 Å². The summed E-state index contributed by atoms with van der Waals surface area (Å²) in [6, 6.07) is 10.5. The molecule has 0 amide bonds. The second kappa shape index (κ2) is 22.4. The van der Waals surface area contributed by atoms with Crippen molar-refractivity contribution in [3.05, 3.63) is 54.6 Å². The second-order valence-electron chi connectivity index (χ2n) is 18.7. The highest BCUT2D eigenvalue weighted by atomic mass is 127. The van der Waals surface area contributed by atoms with Crippen LogP contribution in [0, 0.1) is 3.57 Å². The molecule has 0 saturated heterocycles. The quantitative estimate of drug-likeness (QED) is 0.0370. The molecule has 0 atom stereocenters. The van der Waals surface area contributed by atoms with Crippen molar-refractivity contribution in [2.24, 2.45) is 0 Å². The molecule has 60 heavy (non-hydrogen) atoms. The van der Waals surface area contributed by atoms with E-state index in [2.05, 4.69) is 90.5 Å². The maximum absolute atomic E-state index is 5.16. The van der Waals surface area contributed by atoms with Crippen molar-refractivity contribution in [3.8, 4) is 22.3 Å². The molecule has 326 valence electrons. The number of rotatable bonds is 28. The molecule has 4 nitrogen and oxygen atoms in total. The Balaban J connectivity index is 1.41. The van der Waals surface area contributed by atoms with Crippen molar-refractivity contribution < 1.29 is 0 Å². The van der Waals surface area contributed by atoms with E-state index in [1.54, 1.807) is 16.7 Å². The first-order chi connectivity index (χ1) is 29.5. The summed E-state index contributed by atoms with van der Waals surface area (Å²) < 4.78 is 22.5. The minimum atomic E-state index is -0.0534. The summed E-state index contributed by atoms with van der Waals surface area (Å²) in [6.07, 6.45) is 36.4. The number of hydrogen-bond donors (Lipinski definition) is 0. The van der Waals surface area contributed by atoms with E-state index in [4.69, 9.17) is 17.5 Å². The highest BCUT2D eigenvalue weighted by molar-refractivity contribution is 14.1. The van der Waals surface area contributed by atoms with E-state index >= 15 is 0 Å². The van der Waals surface area contributed by atoms with Crippen LogP contribution in [0.1, 0.15) is 230 Å². The molecule has 0 radical (unpaired) electrons. The van der Waals surface area contributed by atoms with E-state index in [0.717, 1.165) is 26.5 Å². The number of fused-ring (bicyclic) bond motifs is 10. The first kappa shape index (κ1) is 46.5. The van der Waals surface area contributed by atoms with Gasteiger partial charge >= 0.3 is 0 Å². The van der Waals surface area contributed by atoms with Crippen LogP contribution in [0.3, 0.4) is 0 Å². The largest absolute Gasteiger partial charge is 0.172 e. The van der Waals surface area contributed by atoms with Crippen molar-refractivity contribution in [3.63, 3.8) is 0 Å². The van der Waals surface area contributed by atoms with Gasteiger partial charge in [0.05, 0.1) is 23.5 Å². The molecule has 0 N–H and O–H groups in total. The summed E-state index contributed by atoms with van der Waals surface area (Å²) in [6.45, 7) is 9.32. The molecule has 0 saturated carbocycles. The fourth-order valence-electron chi connectivity index (χ4n) is 11.4. The average molecular weight is 1020 g/mol. The van der Waals surface area contributed by atoms with Gasteiger partial charge in [0.2, 0.25) is 0 Å². The van der Waals surface area contributed by atoms with Crippen LogP contribution in [0.15, 0.2) is 28.7 Å². The SMILES string of the molecule is CCCCCCCCC1(CCCCCCCC)c2cc3c(cc2-c2c1cc(Br)c1nsnc21)C(CCCCCCCC)(CCCCCCCC)c1cc(I)c2nsnc2c1-3. The first-order valence-electron chi connectivity index (χ1n) is 24.6. The van der Waals surface area contributed by atoms with Gasteiger partial charge in [-0.05, 0) is 122 Å². The summed E-state index contributed by atoms with van der Waals surface area (Å²) in [4.78, 5) is 0. The Hall–Kier alpha value is -1.49. The van der Waals surface area contributed by atoms with Gasteiger partial charge in [-0.3, -0.25) is 0 Å². The van der Waals surface area contributed by atoms with Crippen molar-refractivity contribution >= 4 is 84.0 Å². The van der Waals surface area contributed by atoms with Crippen LogP contribution >= 0.6 is 62.0 Å². The molecule has 0 aliphatic heterocycles. The molecule has 7 rings (SSSR count). The van der Waals surface area contributed by atoms with Gasteiger partial charge < -0.3 is 0 Å². The van der Waals surface area contributed by atoms with E-state index in [0.29, 0.717) is 0 Å². The zero-order valence-corrected chi connectivity index (χ0v) is 42.8. The Kier molecular flexibility index (Phi) is 17.4. The van der Waals surface area contributed by atoms with Crippen molar-refractivity contribution in [1.29, 1.82) is 0 Å². The molecule has 0 fully saturated rings. The van der Waals surface area contributed by atoms with Gasteiger partial charge in [0.1, 0.15) is 22.1 Å². The molecule has 3 aromatic carbocycles. The smallest absolute Gasteiger partial charge is 0.119 e. The van der Waals surface area contributed by atoms with Crippen LogP contribution in [0.25, 0.3) is 44.3 Å². The van der Waals surface area contributed by atoms with Gasteiger partial charge in [0.25, 0.3) is 0 Å². The van der Waals surface area contributed by atoms with Gasteiger partial charge in [0.15, 0.2) is 0 Å². The molecule has 2 aromatic heterocycles. The summed E-state index contributed by atoms with van der Waals surface area (Å²) in [7, 11) is 0. The van der Waals surface area contributed by atoms with Crippen LogP contribution in [0.5, 0.6) is 0 Å². The number of unbranched alkanes of at least 4 members (excludes halogenated alkanes) is 20. The van der Waals surface area contributed by atoms with Crippen molar-refractivity contribution in [1.82, 2.24) is 17.5 Å². The van der Waals surface area contributed by atoms with Gasteiger partial charge in [-0.1, -0.05) is 182 Å². The van der Waals surface area contributed by atoms with E-state index < -0.39 is 0 Å². The number of halogens is 2. The minimum absolute atomic E-state index is 0.0360. The van der Waals surface area contributed by atoms with E-state index in [1.807, 2.05) is 0 Å². The number of benzene rings is 3. The molecule has 0 spiro atoms. The van der Waals surface area contributed by atoms with Crippen LogP contribution < -0.4 is 0 Å².